The number of esters is 1. The fraction of sp³-hybridized carbons (Fsp3) is 0.200. The molecule has 0 saturated heterocycles. The number of hydrogen-bond acceptors (Lipinski definition) is 7. The summed E-state index contributed by atoms with van der Waals surface area (Å²) in [6.45, 7) is 4.87. The van der Waals surface area contributed by atoms with Crippen molar-refractivity contribution in [3.63, 3.8) is 0 Å². The van der Waals surface area contributed by atoms with Crippen LogP contribution in [0.15, 0.2) is 78.9 Å². The molecule has 2 aliphatic heterocycles. The predicted octanol–water partition coefficient (Wildman–Crippen LogP) is 5.57. The lowest BCUT2D eigenvalue weighted by Gasteiger charge is -2.36. The van der Waals surface area contributed by atoms with Gasteiger partial charge >= 0.3 is 5.97 Å². The van der Waals surface area contributed by atoms with Gasteiger partial charge in [-0.3, -0.25) is 9.59 Å². The van der Waals surface area contributed by atoms with Gasteiger partial charge in [-0.2, -0.15) is 0 Å². The number of amides is 2. The average Bonchev–Trinajstić information content (AvgIpc) is 3.29. The molecule has 0 saturated carbocycles. The van der Waals surface area contributed by atoms with Crippen molar-refractivity contribution in [1.82, 2.24) is 10.6 Å². The maximum atomic E-state index is 13.2. The molecule has 0 aliphatic carbocycles. The topological polar surface area (TPSA) is 134 Å². The van der Waals surface area contributed by atoms with Gasteiger partial charge in [0.1, 0.15) is 23.0 Å². The summed E-state index contributed by atoms with van der Waals surface area (Å²) in [6.07, 6.45) is 3.39. The molecule has 2 heterocycles. The molecule has 1 radical (unpaired) electrons. The quantitative estimate of drug-likeness (QED) is 0.148. The first kappa shape index (κ1) is 28.8. The van der Waals surface area contributed by atoms with Crippen LogP contribution in [0.3, 0.4) is 0 Å². The number of rotatable bonds is 9. The Morgan fingerprint density at radius 3 is 1.82 bits per heavy atom. The molecule has 9 nitrogen and oxygen atoms in total. The third kappa shape index (κ3) is 5.32. The van der Waals surface area contributed by atoms with E-state index in [9.17, 15) is 24.6 Å². The molecule has 4 N–H and O–H groups in total. The minimum Gasteiger partial charge on any atom is -0.508 e. The molecule has 0 unspecified atom stereocenters. The van der Waals surface area contributed by atoms with Gasteiger partial charge in [-0.1, -0.05) is 25.0 Å². The Kier molecular flexibility index (Phi) is 7.69. The lowest BCUT2D eigenvalue weighted by atomic mass is 9.77. The molecule has 0 bridgehead atoms. The van der Waals surface area contributed by atoms with Crippen LogP contribution in [-0.4, -0.2) is 41.1 Å². The van der Waals surface area contributed by atoms with Crippen LogP contribution < -0.4 is 15.4 Å². The highest BCUT2D eigenvalue weighted by Crippen LogP contribution is 2.57. The second-order valence-corrected chi connectivity index (χ2v) is 10.9. The summed E-state index contributed by atoms with van der Waals surface area (Å²) in [7, 11) is 0. The zero-order valence-electron chi connectivity index (χ0n) is 23.9. The SMILES string of the molecule is [CH2]c1ccc(C(=O)NCCCCCCNC(=O)c2ccc3c(c2)C2(OC3=O)c3ccc(O)cc3Oc3cc(O)ccc32)cc1. The van der Waals surface area contributed by atoms with Crippen LogP contribution in [-0.2, 0) is 10.3 Å². The summed E-state index contributed by atoms with van der Waals surface area (Å²) in [5.74, 6) is -0.484. The largest absolute Gasteiger partial charge is 0.508 e. The molecule has 223 valence electrons. The second kappa shape index (κ2) is 11.8. The van der Waals surface area contributed by atoms with Crippen LogP contribution in [0.25, 0.3) is 0 Å². The number of phenolic OH excluding ortho intramolecular Hbond substituents is 2. The minimum absolute atomic E-state index is 0.0369. The number of hydrogen-bond donors (Lipinski definition) is 4. The van der Waals surface area contributed by atoms with Crippen molar-refractivity contribution >= 4 is 17.8 Å². The molecule has 0 aromatic heterocycles. The smallest absolute Gasteiger partial charge is 0.340 e. The van der Waals surface area contributed by atoms with E-state index in [-0.39, 0.29) is 34.8 Å². The summed E-state index contributed by atoms with van der Waals surface area (Å²) in [5.41, 5.74) is 2.17. The number of unbranched alkanes of at least 4 members (excludes halogenated alkanes) is 3. The van der Waals surface area contributed by atoms with Crippen molar-refractivity contribution in [2.75, 3.05) is 13.1 Å². The first-order valence-corrected chi connectivity index (χ1v) is 14.5. The Morgan fingerprint density at radius 1 is 0.682 bits per heavy atom. The standard InChI is InChI=1S/C35H31N2O7/c1-21-6-8-22(9-7-21)32(40)36-16-4-2-3-5-17-37-33(41)23-10-13-26-29(18-23)35(44-34(26)42)27-14-11-24(38)19-30(27)43-31-20-25(39)12-15-28(31)35/h6-15,18-20,38-39H,1-5,16-17H2,(H,36,40)(H,37,41). The Balaban J connectivity index is 1.10. The summed E-state index contributed by atoms with van der Waals surface area (Å²) >= 11 is 0. The molecule has 0 atom stereocenters. The van der Waals surface area contributed by atoms with Crippen LogP contribution in [0, 0.1) is 6.92 Å². The average molecular weight is 592 g/mol. The highest BCUT2D eigenvalue weighted by Gasteiger charge is 2.53. The third-order valence-corrected chi connectivity index (χ3v) is 7.93. The molecular weight excluding hydrogens is 560 g/mol. The van der Waals surface area contributed by atoms with Crippen molar-refractivity contribution in [1.29, 1.82) is 0 Å². The number of carbonyl (C=O) groups excluding carboxylic acids is 3. The van der Waals surface area contributed by atoms with Gasteiger partial charge in [-0.25, -0.2) is 4.79 Å². The molecule has 9 heteroatoms. The van der Waals surface area contributed by atoms with Gasteiger partial charge in [0.05, 0.1) is 5.56 Å². The van der Waals surface area contributed by atoms with E-state index in [1.807, 2.05) is 0 Å². The highest BCUT2D eigenvalue weighted by atomic mass is 16.6. The van der Waals surface area contributed by atoms with Crippen molar-refractivity contribution in [2.24, 2.45) is 0 Å². The number of ether oxygens (including phenoxy) is 2. The number of phenols is 2. The molecule has 2 aliphatic rings. The highest BCUT2D eigenvalue weighted by molar-refractivity contribution is 6.00. The summed E-state index contributed by atoms with van der Waals surface area (Å²) in [4.78, 5) is 38.5. The minimum atomic E-state index is -1.43. The van der Waals surface area contributed by atoms with Gasteiger partial charge in [0.2, 0.25) is 0 Å². The van der Waals surface area contributed by atoms with Crippen molar-refractivity contribution in [3.8, 4) is 23.0 Å². The monoisotopic (exact) mass is 591 g/mol. The number of fused-ring (bicyclic) bond motifs is 6. The number of carbonyl (C=O) groups is 3. The van der Waals surface area contributed by atoms with Crippen molar-refractivity contribution in [2.45, 2.75) is 31.3 Å². The Hall–Kier alpha value is -5.31. The molecular formula is C35H31N2O7. The van der Waals surface area contributed by atoms with Gasteiger partial charge in [0.25, 0.3) is 11.8 Å². The van der Waals surface area contributed by atoms with E-state index < -0.39 is 11.6 Å². The van der Waals surface area contributed by atoms with E-state index in [4.69, 9.17) is 9.47 Å². The first-order chi connectivity index (χ1) is 21.3. The van der Waals surface area contributed by atoms with E-state index in [0.717, 1.165) is 31.2 Å². The Labute approximate surface area is 254 Å². The van der Waals surface area contributed by atoms with Crippen LogP contribution >= 0.6 is 0 Å². The molecule has 1 spiro atoms. The summed E-state index contributed by atoms with van der Waals surface area (Å²) < 4.78 is 12.1. The van der Waals surface area contributed by atoms with E-state index in [2.05, 4.69) is 17.6 Å². The number of nitrogens with one attached hydrogen (secondary N) is 2. The van der Waals surface area contributed by atoms with E-state index in [1.165, 1.54) is 24.3 Å². The lowest BCUT2D eigenvalue weighted by Crippen LogP contribution is -2.33. The van der Waals surface area contributed by atoms with Crippen LogP contribution in [0.1, 0.15) is 79.0 Å². The fourth-order valence-electron chi connectivity index (χ4n) is 5.71. The number of aromatic hydroxyl groups is 2. The van der Waals surface area contributed by atoms with E-state index in [0.29, 0.717) is 46.5 Å². The molecule has 2 amide bonds. The van der Waals surface area contributed by atoms with Gasteiger partial charge in [0, 0.05) is 53.0 Å². The second-order valence-electron chi connectivity index (χ2n) is 10.9. The van der Waals surface area contributed by atoms with Crippen LogP contribution in [0.4, 0.5) is 0 Å². The molecule has 6 rings (SSSR count). The Morgan fingerprint density at radius 2 is 1.23 bits per heavy atom. The molecule has 4 aromatic rings. The van der Waals surface area contributed by atoms with Gasteiger partial charge in [-0.05, 0) is 79.9 Å². The Bertz CT molecular complexity index is 1710. The normalized spacial score (nSPS) is 13.7. The van der Waals surface area contributed by atoms with Crippen molar-refractivity contribution < 1.29 is 34.1 Å². The first-order valence-electron chi connectivity index (χ1n) is 14.5. The molecule has 44 heavy (non-hydrogen) atoms. The van der Waals surface area contributed by atoms with Gasteiger partial charge < -0.3 is 30.3 Å². The molecule has 0 fully saturated rings. The summed E-state index contributed by atoms with van der Waals surface area (Å²) in [6, 6.07) is 21.0. The maximum Gasteiger partial charge on any atom is 0.340 e. The van der Waals surface area contributed by atoms with Gasteiger partial charge in [0.15, 0.2) is 5.60 Å². The lowest BCUT2D eigenvalue weighted by molar-refractivity contribution is 0.0224. The van der Waals surface area contributed by atoms with Crippen LogP contribution in [0.2, 0.25) is 0 Å². The zero-order valence-corrected chi connectivity index (χ0v) is 23.9. The fourth-order valence-corrected chi connectivity index (χ4v) is 5.71. The zero-order chi connectivity index (χ0) is 30.8. The number of benzene rings is 4. The summed E-state index contributed by atoms with van der Waals surface area (Å²) in [5, 5.41) is 26.1. The van der Waals surface area contributed by atoms with E-state index >= 15 is 0 Å². The maximum absolute atomic E-state index is 13.2. The predicted molar refractivity (Wildman–Crippen MR) is 162 cm³/mol. The van der Waals surface area contributed by atoms with E-state index in [1.54, 1.807) is 54.6 Å². The van der Waals surface area contributed by atoms with Crippen molar-refractivity contribution in [3.05, 3.63) is 125 Å². The van der Waals surface area contributed by atoms with Gasteiger partial charge in [-0.15, -0.1) is 0 Å². The molecule has 4 aromatic carbocycles. The van der Waals surface area contributed by atoms with Crippen LogP contribution in [0.5, 0.6) is 23.0 Å². The third-order valence-electron chi connectivity index (χ3n) is 7.93.